The Balaban J connectivity index is 1.14. The molecular formula is C57H34N4O. The number of hydrogen-bond donors (Lipinski definition) is 0. The number of para-hydroxylation sites is 2. The molecule has 13 aromatic rings. The van der Waals surface area contributed by atoms with Gasteiger partial charge in [-0.1, -0.05) is 164 Å². The topological polar surface area (TPSA) is 56.7 Å². The van der Waals surface area contributed by atoms with E-state index in [1.54, 1.807) is 0 Å². The third-order valence-electron chi connectivity index (χ3n) is 12.4. The van der Waals surface area contributed by atoms with E-state index in [1.807, 2.05) is 42.5 Å². The number of furan rings is 1. The van der Waals surface area contributed by atoms with Gasteiger partial charge in [-0.05, 0) is 75.1 Å². The third-order valence-corrected chi connectivity index (χ3v) is 12.4. The summed E-state index contributed by atoms with van der Waals surface area (Å²) in [6.45, 7) is 0. The first-order valence-electron chi connectivity index (χ1n) is 20.9. The highest BCUT2D eigenvalue weighted by atomic mass is 16.3. The molecule has 10 aromatic carbocycles. The van der Waals surface area contributed by atoms with Gasteiger partial charge in [0.1, 0.15) is 11.2 Å². The van der Waals surface area contributed by atoms with Crippen molar-refractivity contribution in [1.82, 2.24) is 19.5 Å². The van der Waals surface area contributed by atoms with Gasteiger partial charge < -0.3 is 8.98 Å². The summed E-state index contributed by atoms with van der Waals surface area (Å²) in [5, 5.41) is 11.6. The summed E-state index contributed by atoms with van der Waals surface area (Å²) in [5.74, 6) is 1.73. The average Bonchev–Trinajstić information content (AvgIpc) is 3.88. The van der Waals surface area contributed by atoms with E-state index in [2.05, 4.69) is 168 Å². The number of rotatable bonds is 5. The highest BCUT2D eigenvalue weighted by molar-refractivity contribution is 6.24. The predicted octanol–water partition coefficient (Wildman–Crippen LogP) is 15.0. The van der Waals surface area contributed by atoms with Crippen molar-refractivity contribution in [2.75, 3.05) is 0 Å². The minimum Gasteiger partial charge on any atom is -0.455 e. The highest BCUT2D eigenvalue weighted by Crippen LogP contribution is 2.44. The highest BCUT2D eigenvalue weighted by Gasteiger charge is 2.23. The molecule has 0 aliphatic heterocycles. The maximum atomic E-state index is 6.55. The van der Waals surface area contributed by atoms with Crippen LogP contribution in [0.15, 0.2) is 211 Å². The summed E-state index contributed by atoms with van der Waals surface area (Å²) in [4.78, 5) is 15.9. The molecule has 0 fully saturated rings. The van der Waals surface area contributed by atoms with Crippen LogP contribution in [0.3, 0.4) is 0 Å². The molecule has 0 N–H and O–H groups in total. The van der Waals surface area contributed by atoms with Gasteiger partial charge in [0, 0.05) is 43.4 Å². The molecule has 0 aliphatic rings. The van der Waals surface area contributed by atoms with E-state index < -0.39 is 0 Å². The van der Waals surface area contributed by atoms with E-state index in [4.69, 9.17) is 19.4 Å². The van der Waals surface area contributed by atoms with Crippen LogP contribution in [-0.4, -0.2) is 19.5 Å². The van der Waals surface area contributed by atoms with E-state index in [0.717, 1.165) is 77.2 Å². The molecule has 0 atom stereocenters. The van der Waals surface area contributed by atoms with Crippen LogP contribution in [0, 0.1) is 0 Å². The number of hydrogen-bond acceptors (Lipinski definition) is 4. The Bertz CT molecular complexity index is 3920. The molecule has 0 aliphatic carbocycles. The molecule has 3 aromatic heterocycles. The van der Waals surface area contributed by atoms with Gasteiger partial charge in [-0.15, -0.1) is 0 Å². The Kier molecular flexibility index (Phi) is 7.54. The van der Waals surface area contributed by atoms with Gasteiger partial charge >= 0.3 is 0 Å². The summed E-state index contributed by atoms with van der Waals surface area (Å²) < 4.78 is 9.01. The smallest absolute Gasteiger partial charge is 0.167 e. The Labute approximate surface area is 355 Å². The van der Waals surface area contributed by atoms with Crippen molar-refractivity contribution < 1.29 is 4.42 Å². The minimum absolute atomic E-state index is 0.550. The second-order valence-electron chi connectivity index (χ2n) is 15.9. The standard InChI is InChI=1S/C57H34N4O/c1-3-15-35(16-4-1)40-24-13-26-44-48(61-49-31-29-36-17-9-10-22-41(36)53(49)47-33-38-20-7-8-21-39(38)34-50(47)61)32-30-45(52(40)44)56-58-55(37-18-5-2-6-19-37)59-57(60-56)46-27-14-25-43-42-23-11-12-28-51(42)62-54(43)46/h1-34H. The summed E-state index contributed by atoms with van der Waals surface area (Å²) >= 11 is 0. The number of benzene rings is 10. The molecule has 0 spiro atoms. The van der Waals surface area contributed by atoms with Gasteiger partial charge in [-0.3, -0.25) is 0 Å². The first kappa shape index (κ1) is 34.5. The minimum atomic E-state index is 0.550. The van der Waals surface area contributed by atoms with Gasteiger partial charge in [0.25, 0.3) is 0 Å². The first-order chi connectivity index (χ1) is 30.7. The number of fused-ring (bicyclic) bond motifs is 10. The molecule has 0 radical (unpaired) electrons. The van der Waals surface area contributed by atoms with Crippen LogP contribution in [0.5, 0.6) is 0 Å². The van der Waals surface area contributed by atoms with E-state index >= 15 is 0 Å². The van der Waals surface area contributed by atoms with E-state index in [-0.39, 0.29) is 0 Å². The van der Waals surface area contributed by atoms with Crippen molar-refractivity contribution in [1.29, 1.82) is 0 Å². The van der Waals surface area contributed by atoms with Crippen LogP contribution in [-0.2, 0) is 0 Å². The molecule has 0 saturated carbocycles. The summed E-state index contributed by atoms with van der Waals surface area (Å²) in [6, 6.07) is 72.9. The molecule has 288 valence electrons. The number of aromatic nitrogens is 4. The van der Waals surface area contributed by atoms with Crippen molar-refractivity contribution in [2.24, 2.45) is 0 Å². The van der Waals surface area contributed by atoms with Crippen LogP contribution in [0.1, 0.15) is 0 Å². The fourth-order valence-corrected chi connectivity index (χ4v) is 9.62. The monoisotopic (exact) mass is 790 g/mol. The lowest BCUT2D eigenvalue weighted by atomic mass is 9.93. The summed E-state index contributed by atoms with van der Waals surface area (Å²) in [6.07, 6.45) is 0. The summed E-state index contributed by atoms with van der Waals surface area (Å²) in [7, 11) is 0. The lowest BCUT2D eigenvalue weighted by Gasteiger charge is -2.18. The van der Waals surface area contributed by atoms with Gasteiger partial charge in [0.15, 0.2) is 17.5 Å². The first-order valence-corrected chi connectivity index (χ1v) is 20.9. The Morgan fingerprint density at radius 3 is 1.76 bits per heavy atom. The van der Waals surface area contributed by atoms with Crippen LogP contribution >= 0.6 is 0 Å². The van der Waals surface area contributed by atoms with Crippen molar-refractivity contribution in [3.63, 3.8) is 0 Å². The zero-order valence-corrected chi connectivity index (χ0v) is 33.3. The molecule has 3 heterocycles. The van der Waals surface area contributed by atoms with Crippen LogP contribution in [0.25, 0.3) is 127 Å². The van der Waals surface area contributed by atoms with E-state index in [0.29, 0.717) is 17.5 Å². The molecule has 0 amide bonds. The lowest BCUT2D eigenvalue weighted by Crippen LogP contribution is -2.02. The second kappa shape index (κ2) is 13.6. The van der Waals surface area contributed by atoms with Crippen molar-refractivity contribution in [3.8, 4) is 51.0 Å². The van der Waals surface area contributed by atoms with Crippen LogP contribution < -0.4 is 0 Å². The Hall–Kier alpha value is -8.41. The second-order valence-corrected chi connectivity index (χ2v) is 15.9. The van der Waals surface area contributed by atoms with Gasteiger partial charge in [-0.25, -0.2) is 15.0 Å². The average molecular weight is 791 g/mol. The molecule has 13 rings (SSSR count). The predicted molar refractivity (Wildman–Crippen MR) is 256 cm³/mol. The molecule has 5 heteroatoms. The lowest BCUT2D eigenvalue weighted by molar-refractivity contribution is 0.669. The van der Waals surface area contributed by atoms with Crippen LogP contribution in [0.2, 0.25) is 0 Å². The summed E-state index contributed by atoms with van der Waals surface area (Å²) in [5.41, 5.74) is 9.81. The van der Waals surface area contributed by atoms with Crippen molar-refractivity contribution in [3.05, 3.63) is 206 Å². The largest absolute Gasteiger partial charge is 0.455 e. The third kappa shape index (κ3) is 5.25. The molecule has 0 unspecified atom stereocenters. The van der Waals surface area contributed by atoms with Gasteiger partial charge in [-0.2, -0.15) is 0 Å². The Morgan fingerprint density at radius 1 is 0.339 bits per heavy atom. The molecule has 62 heavy (non-hydrogen) atoms. The van der Waals surface area contributed by atoms with Crippen LogP contribution in [0.4, 0.5) is 0 Å². The van der Waals surface area contributed by atoms with Crippen molar-refractivity contribution >= 4 is 76.1 Å². The zero-order chi connectivity index (χ0) is 40.7. The fourth-order valence-electron chi connectivity index (χ4n) is 9.62. The molecule has 0 bridgehead atoms. The SMILES string of the molecule is c1ccc(-c2nc(-c3cccc4c3oc3ccccc34)nc(-c3ccc(-n4c5cc6ccccc6cc5c5c6ccccc6ccc54)c4cccc(-c5ccccc5)c34)n2)cc1. The van der Waals surface area contributed by atoms with Gasteiger partial charge in [0.05, 0.1) is 22.3 Å². The fraction of sp³-hybridized carbons (Fsp3) is 0. The Morgan fingerprint density at radius 2 is 0.952 bits per heavy atom. The normalized spacial score (nSPS) is 11.9. The maximum Gasteiger partial charge on any atom is 0.167 e. The quantitative estimate of drug-likeness (QED) is 0.174. The van der Waals surface area contributed by atoms with E-state index in [9.17, 15) is 0 Å². The van der Waals surface area contributed by atoms with E-state index in [1.165, 1.54) is 32.3 Å². The molecule has 0 saturated heterocycles. The van der Waals surface area contributed by atoms with Gasteiger partial charge in [0.2, 0.25) is 0 Å². The number of nitrogens with zero attached hydrogens (tertiary/aromatic N) is 4. The van der Waals surface area contributed by atoms with Crippen molar-refractivity contribution in [2.45, 2.75) is 0 Å². The maximum absolute atomic E-state index is 6.55. The molecular weight excluding hydrogens is 757 g/mol. The zero-order valence-electron chi connectivity index (χ0n) is 33.3. The molecule has 5 nitrogen and oxygen atoms in total.